The first-order valence-electron chi connectivity index (χ1n) is 16.6. The number of hydrogen-bond donors (Lipinski definition) is 0. The minimum Gasteiger partial charge on any atom is -0.241 e. The molecule has 234 valence electrons. The molecule has 5 heteroatoms. The molecule has 0 bridgehead atoms. The van der Waals surface area contributed by atoms with Gasteiger partial charge in [0.1, 0.15) is 11.4 Å². The summed E-state index contributed by atoms with van der Waals surface area (Å²) in [5.41, 5.74) is 8.63. The fraction of sp³-hybridized carbons (Fsp3) is 0. The molecule has 0 atom stereocenters. The van der Waals surface area contributed by atoms with Crippen molar-refractivity contribution in [3.8, 4) is 68.1 Å². The maximum Gasteiger partial charge on any atom is 0.179 e. The first-order chi connectivity index (χ1) is 24.7. The lowest BCUT2D eigenvalue weighted by Crippen LogP contribution is -2.00. The third-order valence-corrected chi connectivity index (χ3v) is 8.89. The molecule has 6 aromatic carbocycles. The largest absolute Gasteiger partial charge is 0.241 e. The van der Waals surface area contributed by atoms with Crippen LogP contribution in [0.15, 0.2) is 176 Å². The molecule has 0 spiro atoms. The molecule has 3 aromatic heterocycles. The predicted molar refractivity (Wildman–Crippen MR) is 203 cm³/mol. The van der Waals surface area contributed by atoms with Crippen LogP contribution in [0.4, 0.5) is 0 Å². The number of nitrogens with zero attached hydrogens (tertiary/aromatic N) is 5. The third kappa shape index (κ3) is 5.78. The average molecular weight is 640 g/mol. The van der Waals surface area contributed by atoms with Crippen molar-refractivity contribution in [1.29, 1.82) is 0 Å². The first-order valence-corrected chi connectivity index (χ1v) is 16.6. The van der Waals surface area contributed by atoms with Gasteiger partial charge in [0.25, 0.3) is 0 Å². The molecule has 0 N–H and O–H groups in total. The summed E-state index contributed by atoms with van der Waals surface area (Å²) in [6.07, 6.45) is 0. The fourth-order valence-electron chi connectivity index (χ4n) is 6.31. The van der Waals surface area contributed by atoms with Crippen molar-refractivity contribution in [3.63, 3.8) is 0 Å². The van der Waals surface area contributed by atoms with E-state index in [0.29, 0.717) is 23.0 Å². The molecule has 0 fully saturated rings. The highest BCUT2D eigenvalue weighted by Crippen LogP contribution is 2.32. The van der Waals surface area contributed by atoms with Crippen molar-refractivity contribution >= 4 is 21.5 Å². The molecule has 0 radical (unpaired) electrons. The van der Waals surface area contributed by atoms with Crippen molar-refractivity contribution in [1.82, 2.24) is 24.9 Å². The lowest BCUT2D eigenvalue weighted by Gasteiger charge is -2.12. The zero-order valence-electron chi connectivity index (χ0n) is 27.0. The van der Waals surface area contributed by atoms with Crippen LogP contribution in [0.25, 0.3) is 89.6 Å². The van der Waals surface area contributed by atoms with E-state index in [0.717, 1.165) is 55.8 Å². The molecule has 50 heavy (non-hydrogen) atoms. The zero-order chi connectivity index (χ0) is 33.3. The molecule has 0 saturated carbocycles. The van der Waals surface area contributed by atoms with E-state index in [1.807, 2.05) is 60.7 Å². The van der Waals surface area contributed by atoms with Crippen LogP contribution >= 0.6 is 0 Å². The number of pyridine rings is 1. The van der Waals surface area contributed by atoms with E-state index in [4.69, 9.17) is 24.9 Å². The lowest BCUT2D eigenvalue weighted by molar-refractivity contribution is 1.12. The molecule has 9 aromatic rings. The summed E-state index contributed by atoms with van der Waals surface area (Å²) in [7, 11) is 0. The monoisotopic (exact) mass is 639 g/mol. The lowest BCUT2D eigenvalue weighted by atomic mass is 10.0. The van der Waals surface area contributed by atoms with E-state index in [-0.39, 0.29) is 0 Å². The van der Waals surface area contributed by atoms with Gasteiger partial charge in [0.2, 0.25) is 0 Å². The summed E-state index contributed by atoms with van der Waals surface area (Å²) in [6, 6.07) is 59.9. The summed E-state index contributed by atoms with van der Waals surface area (Å²) >= 11 is 0. The Balaban J connectivity index is 1.20. The van der Waals surface area contributed by atoms with Gasteiger partial charge in [-0.05, 0) is 57.9 Å². The second kappa shape index (κ2) is 12.6. The predicted octanol–water partition coefficient (Wildman–Crippen LogP) is 11.0. The fourth-order valence-corrected chi connectivity index (χ4v) is 6.31. The van der Waals surface area contributed by atoms with E-state index in [1.165, 1.54) is 10.8 Å². The highest BCUT2D eigenvalue weighted by molar-refractivity contribution is 5.89. The molecule has 0 aliphatic heterocycles. The molecular formula is C45H29N5. The smallest absolute Gasteiger partial charge is 0.179 e. The van der Waals surface area contributed by atoms with Gasteiger partial charge >= 0.3 is 0 Å². The minimum atomic E-state index is 0.531. The average Bonchev–Trinajstić information content (AvgIpc) is 3.21. The third-order valence-electron chi connectivity index (χ3n) is 8.89. The van der Waals surface area contributed by atoms with E-state index < -0.39 is 0 Å². The Labute approximate surface area is 289 Å². The zero-order valence-corrected chi connectivity index (χ0v) is 27.0. The van der Waals surface area contributed by atoms with Crippen LogP contribution in [0.3, 0.4) is 0 Å². The Kier molecular flexibility index (Phi) is 7.41. The van der Waals surface area contributed by atoms with Crippen molar-refractivity contribution < 1.29 is 0 Å². The number of hydrogen-bond acceptors (Lipinski definition) is 5. The quantitative estimate of drug-likeness (QED) is 0.181. The second-order valence-corrected chi connectivity index (χ2v) is 12.2. The molecule has 0 amide bonds. The number of aromatic nitrogens is 5. The molecular weight excluding hydrogens is 611 g/mol. The normalized spacial score (nSPS) is 11.2. The summed E-state index contributed by atoms with van der Waals surface area (Å²) in [4.78, 5) is 25.4. The van der Waals surface area contributed by atoms with Crippen LogP contribution < -0.4 is 0 Å². The molecule has 3 heterocycles. The van der Waals surface area contributed by atoms with Gasteiger partial charge in [0.05, 0.1) is 22.8 Å². The highest BCUT2D eigenvalue weighted by Gasteiger charge is 2.16. The Hall–Kier alpha value is -6.85. The van der Waals surface area contributed by atoms with Gasteiger partial charge < -0.3 is 0 Å². The Morgan fingerprint density at radius 3 is 1.04 bits per heavy atom. The maximum atomic E-state index is 5.12. The van der Waals surface area contributed by atoms with Gasteiger partial charge in [-0.1, -0.05) is 140 Å². The summed E-state index contributed by atoms with van der Waals surface area (Å²) in [5, 5.41) is 4.67. The molecule has 9 rings (SSSR count). The van der Waals surface area contributed by atoms with Crippen LogP contribution in [-0.2, 0) is 0 Å². The van der Waals surface area contributed by atoms with Gasteiger partial charge in [0.15, 0.2) is 11.6 Å². The van der Waals surface area contributed by atoms with Crippen molar-refractivity contribution in [2.75, 3.05) is 0 Å². The van der Waals surface area contributed by atoms with E-state index in [1.54, 1.807) is 0 Å². The van der Waals surface area contributed by atoms with Crippen LogP contribution in [0.2, 0.25) is 0 Å². The van der Waals surface area contributed by atoms with Gasteiger partial charge in [-0.2, -0.15) is 0 Å². The van der Waals surface area contributed by atoms with Crippen LogP contribution in [-0.4, -0.2) is 24.9 Å². The first kappa shape index (κ1) is 29.3. The second-order valence-electron chi connectivity index (χ2n) is 12.2. The standard InChI is InChI=1S/C45H29N5/c1-3-14-32(15-4-1)40-28-41(33-16-5-2-6-17-33)48-44(47-40)38-20-11-21-39(46-38)45-49-42(36-24-22-30-12-7-9-18-34(30)26-36)29-43(50-45)37-25-23-31-13-8-10-19-35(31)27-37/h1-29H. The Bertz CT molecular complexity index is 2500. The topological polar surface area (TPSA) is 64.5 Å². The minimum absolute atomic E-state index is 0.531. The van der Waals surface area contributed by atoms with Gasteiger partial charge in [-0.15, -0.1) is 0 Å². The van der Waals surface area contributed by atoms with Crippen LogP contribution in [0.5, 0.6) is 0 Å². The number of rotatable bonds is 6. The van der Waals surface area contributed by atoms with Gasteiger partial charge in [0, 0.05) is 22.3 Å². The Morgan fingerprint density at radius 2 is 0.600 bits per heavy atom. The van der Waals surface area contributed by atoms with E-state index in [9.17, 15) is 0 Å². The molecule has 0 aliphatic carbocycles. The molecule has 0 saturated heterocycles. The van der Waals surface area contributed by atoms with E-state index >= 15 is 0 Å². The summed E-state index contributed by atoms with van der Waals surface area (Å²) in [5.74, 6) is 1.07. The number of fused-ring (bicyclic) bond motifs is 2. The van der Waals surface area contributed by atoms with E-state index in [2.05, 4.69) is 115 Å². The summed E-state index contributed by atoms with van der Waals surface area (Å²) < 4.78 is 0. The van der Waals surface area contributed by atoms with Gasteiger partial charge in [-0.25, -0.2) is 24.9 Å². The summed E-state index contributed by atoms with van der Waals surface area (Å²) in [6.45, 7) is 0. The van der Waals surface area contributed by atoms with Crippen molar-refractivity contribution in [2.45, 2.75) is 0 Å². The van der Waals surface area contributed by atoms with Crippen molar-refractivity contribution in [2.24, 2.45) is 0 Å². The van der Waals surface area contributed by atoms with Crippen molar-refractivity contribution in [3.05, 3.63) is 176 Å². The molecule has 5 nitrogen and oxygen atoms in total. The van der Waals surface area contributed by atoms with Gasteiger partial charge in [-0.3, -0.25) is 0 Å². The maximum absolute atomic E-state index is 5.12. The SMILES string of the molecule is c1ccc(-c2cc(-c3ccccc3)nc(-c3cccc(-c4nc(-c5ccc6ccccc6c5)cc(-c5ccc6ccccc6c5)n4)n3)n2)cc1. The Morgan fingerprint density at radius 1 is 0.220 bits per heavy atom. The van der Waals surface area contributed by atoms with Crippen LogP contribution in [0.1, 0.15) is 0 Å². The highest BCUT2D eigenvalue weighted by atomic mass is 15.0. The number of benzene rings is 6. The molecule has 0 aliphatic rings. The molecule has 0 unspecified atom stereocenters. The van der Waals surface area contributed by atoms with Crippen LogP contribution in [0, 0.1) is 0 Å².